The molecule has 6 heteroatoms. The van der Waals surface area contributed by atoms with Gasteiger partial charge in [-0.15, -0.1) is 0 Å². The van der Waals surface area contributed by atoms with E-state index in [1.807, 2.05) is 31.7 Å². The zero-order valence-corrected chi connectivity index (χ0v) is 13.2. The number of amides is 1. The summed E-state index contributed by atoms with van der Waals surface area (Å²) in [6, 6.07) is 1.82. The Morgan fingerprint density at radius 3 is 2.48 bits per heavy atom. The minimum Gasteiger partial charge on any atom is -0.391 e. The van der Waals surface area contributed by atoms with Crippen molar-refractivity contribution in [3.63, 3.8) is 0 Å². The number of aromatic nitrogens is 2. The molecule has 0 saturated carbocycles. The standard InChI is InChI=1S/C15H26N4O2/c1-15(2,3)13(20)11-17-7-9-18(10-8-17)14(21)12-19-6-4-5-16-19/h4-6,13,20H,7-12H2,1-3H3/t13-/m1/s1. The van der Waals surface area contributed by atoms with Crippen molar-refractivity contribution in [3.8, 4) is 0 Å². The molecule has 1 atom stereocenters. The van der Waals surface area contributed by atoms with Crippen molar-refractivity contribution in [1.29, 1.82) is 0 Å². The summed E-state index contributed by atoms with van der Waals surface area (Å²) in [6.45, 7) is 10.2. The van der Waals surface area contributed by atoms with E-state index in [9.17, 15) is 9.90 Å². The lowest BCUT2D eigenvalue weighted by molar-refractivity contribution is -0.134. The van der Waals surface area contributed by atoms with Gasteiger partial charge in [-0.05, 0) is 11.5 Å². The molecule has 1 aromatic rings. The third kappa shape index (κ3) is 4.54. The quantitative estimate of drug-likeness (QED) is 0.875. The van der Waals surface area contributed by atoms with E-state index in [-0.39, 0.29) is 17.4 Å². The lowest BCUT2D eigenvalue weighted by atomic mass is 9.89. The maximum atomic E-state index is 12.2. The van der Waals surface area contributed by atoms with Gasteiger partial charge >= 0.3 is 0 Å². The largest absolute Gasteiger partial charge is 0.391 e. The number of carbonyl (C=O) groups excluding carboxylic acids is 1. The average molecular weight is 294 g/mol. The molecular weight excluding hydrogens is 268 g/mol. The van der Waals surface area contributed by atoms with Crippen molar-refractivity contribution < 1.29 is 9.90 Å². The van der Waals surface area contributed by atoms with Gasteiger partial charge in [-0.25, -0.2) is 0 Å². The summed E-state index contributed by atoms with van der Waals surface area (Å²) in [7, 11) is 0. The minimum atomic E-state index is -0.344. The Morgan fingerprint density at radius 2 is 1.95 bits per heavy atom. The number of β-amino-alcohol motifs (C(OH)–C–C–N with tert-alkyl or cyclic N) is 1. The first-order valence-electron chi connectivity index (χ1n) is 7.52. The van der Waals surface area contributed by atoms with Crippen LogP contribution in [0.15, 0.2) is 18.5 Å². The van der Waals surface area contributed by atoms with Crippen LogP contribution in [0.2, 0.25) is 0 Å². The Hall–Kier alpha value is -1.40. The number of carbonyl (C=O) groups is 1. The summed E-state index contributed by atoms with van der Waals surface area (Å²) >= 11 is 0. The van der Waals surface area contributed by atoms with Crippen LogP contribution in [0.1, 0.15) is 20.8 Å². The zero-order chi connectivity index (χ0) is 15.5. The highest BCUT2D eigenvalue weighted by molar-refractivity contribution is 5.76. The molecule has 118 valence electrons. The highest BCUT2D eigenvalue weighted by atomic mass is 16.3. The fourth-order valence-electron chi connectivity index (χ4n) is 2.33. The molecule has 1 aromatic heterocycles. The highest BCUT2D eigenvalue weighted by Crippen LogP contribution is 2.20. The third-order valence-corrected chi connectivity index (χ3v) is 4.01. The van der Waals surface area contributed by atoms with Crippen molar-refractivity contribution >= 4 is 5.91 Å². The molecule has 6 nitrogen and oxygen atoms in total. The van der Waals surface area contributed by atoms with Crippen molar-refractivity contribution in [2.75, 3.05) is 32.7 Å². The maximum Gasteiger partial charge on any atom is 0.244 e. The van der Waals surface area contributed by atoms with Crippen LogP contribution in [0, 0.1) is 5.41 Å². The Labute approximate surface area is 126 Å². The molecule has 0 aromatic carbocycles. The fraction of sp³-hybridized carbons (Fsp3) is 0.733. The predicted molar refractivity (Wildman–Crippen MR) is 80.7 cm³/mol. The minimum absolute atomic E-state index is 0.104. The van der Waals surface area contributed by atoms with Crippen LogP contribution < -0.4 is 0 Å². The van der Waals surface area contributed by atoms with Gasteiger partial charge in [-0.1, -0.05) is 20.8 Å². The van der Waals surface area contributed by atoms with Crippen molar-refractivity contribution in [2.24, 2.45) is 5.41 Å². The fourth-order valence-corrected chi connectivity index (χ4v) is 2.33. The van der Waals surface area contributed by atoms with Crippen molar-refractivity contribution in [1.82, 2.24) is 19.6 Å². The lowest BCUT2D eigenvalue weighted by Gasteiger charge is -2.38. The molecule has 1 aliphatic heterocycles. The molecular formula is C15H26N4O2. The second kappa shape index (κ2) is 6.58. The topological polar surface area (TPSA) is 61.6 Å². The molecule has 21 heavy (non-hydrogen) atoms. The number of aliphatic hydroxyl groups excluding tert-OH is 1. The Bertz CT molecular complexity index is 445. The average Bonchev–Trinajstić information content (AvgIpc) is 2.91. The lowest BCUT2D eigenvalue weighted by Crippen LogP contribution is -2.52. The molecule has 0 bridgehead atoms. The van der Waals surface area contributed by atoms with Gasteiger partial charge in [0.15, 0.2) is 0 Å². The van der Waals surface area contributed by atoms with E-state index in [1.165, 1.54) is 0 Å². The molecule has 0 unspecified atom stereocenters. The van der Waals surface area contributed by atoms with Crippen LogP contribution in [0.25, 0.3) is 0 Å². The van der Waals surface area contributed by atoms with E-state index in [0.29, 0.717) is 13.1 Å². The monoisotopic (exact) mass is 294 g/mol. The van der Waals surface area contributed by atoms with E-state index < -0.39 is 0 Å². The van der Waals surface area contributed by atoms with Gasteiger partial charge in [0, 0.05) is 45.1 Å². The van der Waals surface area contributed by atoms with E-state index in [4.69, 9.17) is 0 Å². The molecule has 1 aliphatic rings. The van der Waals surface area contributed by atoms with Crippen LogP contribution in [-0.4, -0.2) is 69.4 Å². The Kier molecular flexibility index (Phi) is 5.00. The van der Waals surface area contributed by atoms with Gasteiger partial charge in [0.1, 0.15) is 6.54 Å². The summed E-state index contributed by atoms with van der Waals surface area (Å²) in [5.41, 5.74) is -0.104. The van der Waals surface area contributed by atoms with Gasteiger partial charge in [-0.2, -0.15) is 5.10 Å². The number of piperazine rings is 1. The molecule has 1 amide bonds. The van der Waals surface area contributed by atoms with Crippen LogP contribution in [0.5, 0.6) is 0 Å². The molecule has 1 N–H and O–H groups in total. The second-order valence-electron chi connectivity index (χ2n) is 6.77. The first-order chi connectivity index (χ1) is 9.86. The number of hydrogen-bond acceptors (Lipinski definition) is 4. The predicted octanol–water partition coefficient (Wildman–Crippen LogP) is 0.434. The Balaban J connectivity index is 1.76. The van der Waals surface area contributed by atoms with Gasteiger partial charge in [0.05, 0.1) is 6.10 Å². The van der Waals surface area contributed by atoms with Gasteiger partial charge in [0.25, 0.3) is 0 Å². The van der Waals surface area contributed by atoms with Crippen LogP contribution >= 0.6 is 0 Å². The Morgan fingerprint density at radius 1 is 1.29 bits per heavy atom. The molecule has 0 aliphatic carbocycles. The highest BCUT2D eigenvalue weighted by Gasteiger charge is 2.27. The molecule has 0 spiro atoms. The molecule has 2 heterocycles. The summed E-state index contributed by atoms with van der Waals surface area (Å²) in [6.07, 6.45) is 3.14. The molecule has 0 radical (unpaired) electrons. The number of nitrogens with zero attached hydrogens (tertiary/aromatic N) is 4. The van der Waals surface area contributed by atoms with Gasteiger partial charge in [0.2, 0.25) is 5.91 Å². The van der Waals surface area contributed by atoms with Crippen molar-refractivity contribution in [3.05, 3.63) is 18.5 Å². The summed E-state index contributed by atoms with van der Waals surface area (Å²) < 4.78 is 1.65. The van der Waals surface area contributed by atoms with E-state index in [1.54, 1.807) is 17.1 Å². The summed E-state index contributed by atoms with van der Waals surface area (Å²) in [5, 5.41) is 14.2. The third-order valence-electron chi connectivity index (χ3n) is 4.01. The number of rotatable bonds is 4. The number of aliphatic hydroxyl groups is 1. The van der Waals surface area contributed by atoms with E-state index in [0.717, 1.165) is 26.2 Å². The first-order valence-corrected chi connectivity index (χ1v) is 7.52. The summed E-state index contributed by atoms with van der Waals surface area (Å²) in [5.74, 6) is 0.106. The number of hydrogen-bond donors (Lipinski definition) is 1. The zero-order valence-electron chi connectivity index (χ0n) is 13.2. The van der Waals surface area contributed by atoms with Crippen LogP contribution in [0.3, 0.4) is 0 Å². The molecule has 2 rings (SSSR count). The van der Waals surface area contributed by atoms with Gasteiger partial charge < -0.3 is 10.0 Å². The first kappa shape index (κ1) is 16.0. The van der Waals surface area contributed by atoms with Crippen LogP contribution in [-0.2, 0) is 11.3 Å². The van der Waals surface area contributed by atoms with Crippen LogP contribution in [0.4, 0.5) is 0 Å². The molecule has 1 fully saturated rings. The van der Waals surface area contributed by atoms with Gasteiger partial charge in [-0.3, -0.25) is 14.4 Å². The second-order valence-corrected chi connectivity index (χ2v) is 6.77. The SMILES string of the molecule is CC(C)(C)[C@H](O)CN1CCN(C(=O)Cn2cccn2)CC1. The smallest absolute Gasteiger partial charge is 0.244 e. The van der Waals surface area contributed by atoms with E-state index >= 15 is 0 Å². The summed E-state index contributed by atoms with van der Waals surface area (Å²) in [4.78, 5) is 16.3. The van der Waals surface area contributed by atoms with E-state index in [2.05, 4.69) is 10.00 Å². The maximum absolute atomic E-state index is 12.2. The van der Waals surface area contributed by atoms with Crippen molar-refractivity contribution in [2.45, 2.75) is 33.4 Å². The normalized spacial score (nSPS) is 18.8. The molecule has 1 saturated heterocycles.